The van der Waals surface area contributed by atoms with Crippen molar-refractivity contribution in [3.05, 3.63) is 113 Å². The van der Waals surface area contributed by atoms with Crippen molar-refractivity contribution in [1.29, 1.82) is 0 Å². The Morgan fingerprint density at radius 1 is 0.820 bits per heavy atom. The first-order chi connectivity index (χ1) is 23.7. The normalized spacial score (nSPS) is 16.7. The third kappa shape index (κ3) is 4.04. The van der Waals surface area contributed by atoms with Crippen molar-refractivity contribution in [3.8, 4) is 22.6 Å². The lowest BCUT2D eigenvalue weighted by atomic mass is 9.82. The van der Waals surface area contributed by atoms with E-state index in [0.717, 1.165) is 17.6 Å². The second-order valence-electron chi connectivity index (χ2n) is 17.6. The number of hydrogen-bond acceptors (Lipinski definition) is 1. The Morgan fingerprint density at radius 3 is 2.28 bits per heavy atom. The summed E-state index contributed by atoms with van der Waals surface area (Å²) in [5.41, 5.74) is 13.1. The Balaban J connectivity index is 1.55. The molecular weight excluding hydrogens is 627 g/mol. The molecule has 1 spiro atoms. The molecule has 9 rings (SSSR count). The van der Waals surface area contributed by atoms with Crippen molar-refractivity contribution in [2.45, 2.75) is 91.6 Å². The van der Waals surface area contributed by atoms with Crippen molar-refractivity contribution in [1.82, 2.24) is 4.57 Å². The third-order valence-electron chi connectivity index (χ3n) is 11.3. The van der Waals surface area contributed by atoms with Gasteiger partial charge in [-0.25, -0.2) is 4.57 Å². The SMILES string of the molecule is CC(C)Cc1cc2[n+](cc1[Si](C)(C)C)C1(c3cc(C(C)(C)C)ccc3-2)c2ccc3c(oc4ccccc43)c2-c2n1c1ccccc1[n+]2C(C)C. The number of pyridine rings is 1. The van der Waals surface area contributed by atoms with Crippen molar-refractivity contribution < 1.29 is 13.6 Å². The van der Waals surface area contributed by atoms with Crippen LogP contribution < -0.4 is 14.3 Å². The minimum Gasteiger partial charge on any atom is -0.455 e. The Bertz CT molecular complexity index is 2550. The maximum atomic E-state index is 6.95. The van der Waals surface area contributed by atoms with Gasteiger partial charge in [-0.05, 0) is 85.2 Å². The van der Waals surface area contributed by atoms with E-state index in [2.05, 4.69) is 173 Å². The molecule has 252 valence electrons. The summed E-state index contributed by atoms with van der Waals surface area (Å²) in [4.78, 5) is 0. The van der Waals surface area contributed by atoms with Crippen LogP contribution in [0, 0.1) is 5.92 Å². The highest BCUT2D eigenvalue weighted by Gasteiger charge is 2.67. The third-order valence-corrected chi connectivity index (χ3v) is 13.4. The quantitative estimate of drug-likeness (QED) is 0.135. The van der Waals surface area contributed by atoms with E-state index in [1.807, 2.05) is 0 Å². The van der Waals surface area contributed by atoms with Crippen LogP contribution >= 0.6 is 0 Å². The van der Waals surface area contributed by atoms with E-state index < -0.39 is 13.7 Å². The zero-order chi connectivity index (χ0) is 35.1. The minimum atomic E-state index is -1.77. The summed E-state index contributed by atoms with van der Waals surface area (Å²) < 4.78 is 14.9. The van der Waals surface area contributed by atoms with Crippen molar-refractivity contribution >= 4 is 46.2 Å². The summed E-state index contributed by atoms with van der Waals surface area (Å²) in [6.07, 6.45) is 3.67. The van der Waals surface area contributed by atoms with Gasteiger partial charge in [-0.2, -0.15) is 4.57 Å². The molecule has 1 unspecified atom stereocenters. The lowest BCUT2D eigenvalue weighted by Crippen LogP contribution is -2.61. The Morgan fingerprint density at radius 2 is 1.56 bits per heavy atom. The fraction of sp³-hybridized carbons (Fsp3) is 0.333. The van der Waals surface area contributed by atoms with Crippen LogP contribution in [-0.4, -0.2) is 12.6 Å². The Kier molecular flexibility index (Phi) is 6.48. The molecule has 1 atom stereocenters. The molecule has 0 N–H and O–H groups in total. The maximum Gasteiger partial charge on any atom is 0.364 e. The van der Waals surface area contributed by atoms with Crippen molar-refractivity contribution in [2.75, 3.05) is 0 Å². The second-order valence-corrected chi connectivity index (χ2v) is 22.6. The van der Waals surface area contributed by atoms with Crippen LogP contribution in [0.3, 0.4) is 0 Å². The van der Waals surface area contributed by atoms with E-state index in [4.69, 9.17) is 4.42 Å². The molecule has 5 heteroatoms. The molecule has 0 amide bonds. The number of para-hydroxylation sites is 3. The average Bonchev–Trinajstić information content (AvgIpc) is 3.76. The number of furan rings is 1. The predicted molar refractivity (Wildman–Crippen MR) is 209 cm³/mol. The van der Waals surface area contributed by atoms with Crippen LogP contribution in [0.5, 0.6) is 0 Å². The molecule has 2 aliphatic rings. The lowest BCUT2D eigenvalue weighted by molar-refractivity contribution is -0.735. The van der Waals surface area contributed by atoms with Crippen LogP contribution in [0.1, 0.15) is 76.8 Å². The molecule has 0 fully saturated rings. The standard InChI is InChI=1S/C45H49N3OSi/c1-27(2)23-29-24-38-33-20-19-30(44(5,6)7)25-35(33)45(46(38)26-40(29)50(8,9)10)34-22-21-32-31-15-11-14-18-39(31)49-42(32)41(34)43-47(28(3)4)36-16-12-13-17-37(36)48(43)45/h11-22,24-28H,23H2,1-10H3/q+2. The van der Waals surface area contributed by atoms with E-state index in [1.54, 1.807) is 5.19 Å². The highest BCUT2D eigenvalue weighted by atomic mass is 28.3. The Hall–Kier alpha value is -4.48. The first kappa shape index (κ1) is 31.5. The smallest absolute Gasteiger partial charge is 0.364 e. The van der Waals surface area contributed by atoms with Crippen LogP contribution in [0.15, 0.2) is 95.5 Å². The van der Waals surface area contributed by atoms with E-state index >= 15 is 0 Å². The molecule has 5 heterocycles. The number of nitrogens with zero attached hydrogens (tertiary/aromatic N) is 3. The van der Waals surface area contributed by atoms with Gasteiger partial charge in [0, 0.05) is 22.0 Å². The molecule has 0 radical (unpaired) electrons. The number of hydrogen-bond donors (Lipinski definition) is 0. The highest BCUT2D eigenvalue weighted by Crippen LogP contribution is 2.55. The van der Waals surface area contributed by atoms with Crippen LogP contribution in [-0.2, 0) is 17.5 Å². The molecule has 7 aromatic rings. The summed E-state index contributed by atoms with van der Waals surface area (Å²) in [7, 11) is -1.77. The first-order valence-corrected chi connectivity index (χ1v) is 22.0. The highest BCUT2D eigenvalue weighted by molar-refractivity contribution is 6.89. The molecule has 2 aliphatic heterocycles. The van der Waals surface area contributed by atoms with Gasteiger partial charge >= 0.3 is 11.5 Å². The molecule has 4 aromatic carbocycles. The zero-order valence-electron chi connectivity index (χ0n) is 31.3. The number of benzene rings is 4. The van der Waals surface area contributed by atoms with E-state index in [-0.39, 0.29) is 11.5 Å². The zero-order valence-corrected chi connectivity index (χ0v) is 32.3. The first-order valence-electron chi connectivity index (χ1n) is 18.5. The van der Waals surface area contributed by atoms with Gasteiger partial charge in [-0.1, -0.05) is 90.7 Å². The minimum absolute atomic E-state index is 0.00843. The number of imidazole rings is 1. The predicted octanol–water partition coefficient (Wildman–Crippen LogP) is 10.00. The average molecular weight is 676 g/mol. The molecule has 0 bridgehead atoms. The van der Waals surface area contributed by atoms with Gasteiger partial charge in [-0.3, -0.25) is 0 Å². The second kappa shape index (κ2) is 10.3. The molecule has 4 nitrogen and oxygen atoms in total. The molecule has 0 aliphatic carbocycles. The van der Waals surface area contributed by atoms with Crippen molar-refractivity contribution in [3.63, 3.8) is 0 Å². The van der Waals surface area contributed by atoms with Gasteiger partial charge in [-0.15, -0.1) is 4.57 Å². The van der Waals surface area contributed by atoms with Gasteiger partial charge in [0.1, 0.15) is 11.1 Å². The van der Waals surface area contributed by atoms with Gasteiger partial charge in [0.15, 0.2) is 22.8 Å². The maximum absolute atomic E-state index is 6.95. The fourth-order valence-corrected chi connectivity index (χ4v) is 10.9. The van der Waals surface area contributed by atoms with Crippen LogP contribution in [0.2, 0.25) is 19.6 Å². The largest absolute Gasteiger partial charge is 0.455 e. The molecule has 50 heavy (non-hydrogen) atoms. The summed E-state index contributed by atoms with van der Waals surface area (Å²) in [5.74, 6) is 1.79. The summed E-state index contributed by atoms with van der Waals surface area (Å²) >= 11 is 0. The van der Waals surface area contributed by atoms with Crippen LogP contribution in [0.25, 0.3) is 55.6 Å². The van der Waals surface area contributed by atoms with Crippen molar-refractivity contribution in [2.24, 2.45) is 5.92 Å². The molecule has 3 aromatic heterocycles. The van der Waals surface area contributed by atoms with Crippen LogP contribution in [0.4, 0.5) is 0 Å². The summed E-state index contributed by atoms with van der Waals surface area (Å²) in [5, 5.41) is 3.89. The van der Waals surface area contributed by atoms with E-state index in [1.165, 1.54) is 66.7 Å². The van der Waals surface area contributed by atoms with Gasteiger partial charge in [0.05, 0.1) is 30.8 Å². The fourth-order valence-electron chi connectivity index (χ4n) is 9.21. The number of rotatable bonds is 4. The Labute approximate surface area is 297 Å². The molecule has 0 saturated carbocycles. The van der Waals surface area contributed by atoms with E-state index in [0.29, 0.717) is 5.92 Å². The van der Waals surface area contributed by atoms with Gasteiger partial charge in [0.2, 0.25) is 5.69 Å². The summed E-state index contributed by atoms with van der Waals surface area (Å²) in [6.45, 7) is 23.9. The summed E-state index contributed by atoms with van der Waals surface area (Å²) in [6, 6.07) is 32.4. The molecular formula is C45H49N3OSi+2. The number of aromatic nitrogens is 3. The molecule has 0 saturated heterocycles. The number of fused-ring (bicyclic) bond motifs is 16. The van der Waals surface area contributed by atoms with Gasteiger partial charge in [0.25, 0.3) is 0 Å². The topological polar surface area (TPSA) is 25.8 Å². The van der Waals surface area contributed by atoms with Gasteiger partial charge < -0.3 is 4.42 Å². The lowest BCUT2D eigenvalue weighted by Gasteiger charge is -2.25. The monoisotopic (exact) mass is 675 g/mol. The van der Waals surface area contributed by atoms with E-state index in [9.17, 15) is 0 Å².